The molecule has 1 aliphatic rings. The van der Waals surface area contributed by atoms with Crippen LogP contribution < -0.4 is 4.90 Å². The molecule has 0 amide bonds. The van der Waals surface area contributed by atoms with E-state index in [4.69, 9.17) is 16.7 Å². The number of hydrogen-bond donors (Lipinski definition) is 1. The second kappa shape index (κ2) is 4.27. The van der Waals surface area contributed by atoms with E-state index in [1.807, 2.05) is 18.2 Å². The van der Waals surface area contributed by atoms with Gasteiger partial charge < -0.3 is 10.0 Å². The second-order valence-corrected chi connectivity index (χ2v) is 5.69. The summed E-state index contributed by atoms with van der Waals surface area (Å²) in [6.07, 6.45) is 1.20. The zero-order valence-electron chi connectivity index (χ0n) is 9.83. The summed E-state index contributed by atoms with van der Waals surface area (Å²) in [5, 5.41) is 9.77. The fourth-order valence-electron chi connectivity index (χ4n) is 2.22. The van der Waals surface area contributed by atoms with Gasteiger partial charge in [-0.15, -0.1) is 0 Å². The van der Waals surface area contributed by atoms with Crippen LogP contribution in [0.5, 0.6) is 0 Å². The summed E-state index contributed by atoms with van der Waals surface area (Å²) in [6, 6.07) is 5.80. The van der Waals surface area contributed by atoms with E-state index < -0.39 is 0 Å². The van der Waals surface area contributed by atoms with E-state index in [9.17, 15) is 0 Å². The van der Waals surface area contributed by atoms with Crippen molar-refractivity contribution in [1.29, 1.82) is 0 Å². The molecule has 0 aromatic heterocycles. The first kappa shape index (κ1) is 11.7. The smallest absolute Gasteiger partial charge is 0.0682 e. The maximum atomic E-state index is 9.03. The van der Waals surface area contributed by atoms with Crippen LogP contribution in [0.2, 0.25) is 5.02 Å². The van der Waals surface area contributed by atoms with E-state index in [-0.39, 0.29) is 6.61 Å². The van der Waals surface area contributed by atoms with Crippen molar-refractivity contribution < 1.29 is 5.11 Å². The number of benzene rings is 1. The first-order chi connectivity index (χ1) is 7.52. The van der Waals surface area contributed by atoms with Crippen LogP contribution in [0.3, 0.4) is 0 Å². The minimum absolute atomic E-state index is 0.0471. The molecule has 1 saturated heterocycles. The topological polar surface area (TPSA) is 23.5 Å². The van der Waals surface area contributed by atoms with Gasteiger partial charge in [-0.25, -0.2) is 0 Å². The molecule has 0 spiro atoms. The molecule has 3 heteroatoms. The highest BCUT2D eigenvalue weighted by molar-refractivity contribution is 6.33. The minimum Gasteiger partial charge on any atom is -0.392 e. The van der Waals surface area contributed by atoms with Crippen molar-refractivity contribution in [2.24, 2.45) is 5.41 Å². The van der Waals surface area contributed by atoms with Crippen LogP contribution in [0.1, 0.15) is 25.8 Å². The molecule has 0 saturated carbocycles. The zero-order chi connectivity index (χ0) is 11.8. The molecule has 2 nitrogen and oxygen atoms in total. The Bertz CT molecular complexity index is 390. The van der Waals surface area contributed by atoms with Gasteiger partial charge in [-0.2, -0.15) is 0 Å². The van der Waals surface area contributed by atoms with Gasteiger partial charge >= 0.3 is 0 Å². The predicted molar refractivity (Wildman–Crippen MR) is 68.0 cm³/mol. The minimum atomic E-state index is 0.0471. The lowest BCUT2D eigenvalue weighted by molar-refractivity contribution is 0.282. The van der Waals surface area contributed by atoms with Crippen molar-refractivity contribution in [3.05, 3.63) is 28.8 Å². The van der Waals surface area contributed by atoms with Crippen LogP contribution in [-0.2, 0) is 6.61 Å². The van der Waals surface area contributed by atoms with Gasteiger partial charge in [0.25, 0.3) is 0 Å². The number of nitrogens with zero attached hydrogens (tertiary/aromatic N) is 1. The Hall–Kier alpha value is -0.730. The average Bonchev–Trinajstić information content (AvgIpc) is 2.58. The zero-order valence-corrected chi connectivity index (χ0v) is 10.6. The highest BCUT2D eigenvalue weighted by Crippen LogP contribution is 2.36. The lowest BCUT2D eigenvalue weighted by Crippen LogP contribution is -2.22. The summed E-state index contributed by atoms with van der Waals surface area (Å²) < 4.78 is 0. The van der Waals surface area contributed by atoms with Crippen LogP contribution in [-0.4, -0.2) is 18.2 Å². The summed E-state index contributed by atoms with van der Waals surface area (Å²) in [5.74, 6) is 0. The van der Waals surface area contributed by atoms with Gasteiger partial charge in [0.1, 0.15) is 0 Å². The predicted octanol–water partition coefficient (Wildman–Crippen LogP) is 3.07. The molecule has 0 bridgehead atoms. The number of anilines is 1. The Morgan fingerprint density at radius 1 is 1.44 bits per heavy atom. The molecule has 0 atom stereocenters. The first-order valence-corrected chi connectivity index (χ1v) is 6.04. The lowest BCUT2D eigenvalue weighted by atomic mass is 9.93. The van der Waals surface area contributed by atoms with Gasteiger partial charge in [0.2, 0.25) is 0 Å². The summed E-state index contributed by atoms with van der Waals surface area (Å²) in [4.78, 5) is 2.32. The molecule has 0 aliphatic carbocycles. The van der Waals surface area contributed by atoms with Gasteiger partial charge in [0.15, 0.2) is 0 Å². The maximum Gasteiger partial charge on any atom is 0.0682 e. The van der Waals surface area contributed by atoms with Crippen LogP contribution in [0.25, 0.3) is 0 Å². The first-order valence-electron chi connectivity index (χ1n) is 5.66. The molecule has 16 heavy (non-hydrogen) atoms. The van der Waals surface area contributed by atoms with Gasteiger partial charge in [0, 0.05) is 13.1 Å². The molecule has 1 aliphatic heterocycles. The maximum absolute atomic E-state index is 9.03. The molecule has 0 radical (unpaired) electrons. The number of aliphatic hydroxyl groups is 1. The van der Waals surface area contributed by atoms with Crippen LogP contribution in [0, 0.1) is 5.41 Å². The van der Waals surface area contributed by atoms with Crippen molar-refractivity contribution in [2.75, 3.05) is 18.0 Å². The third kappa shape index (κ3) is 2.33. The molecule has 1 fully saturated rings. The van der Waals surface area contributed by atoms with Crippen LogP contribution in [0.15, 0.2) is 18.2 Å². The van der Waals surface area contributed by atoms with Crippen molar-refractivity contribution in [3.8, 4) is 0 Å². The van der Waals surface area contributed by atoms with Gasteiger partial charge in [-0.05, 0) is 29.5 Å². The van der Waals surface area contributed by atoms with Crippen molar-refractivity contribution in [3.63, 3.8) is 0 Å². The SMILES string of the molecule is CC1(C)CCN(c2ccc(CO)cc2Cl)C1. The summed E-state index contributed by atoms with van der Waals surface area (Å²) in [7, 11) is 0. The van der Waals surface area contributed by atoms with E-state index in [0.717, 1.165) is 29.4 Å². The van der Waals surface area contributed by atoms with Crippen molar-refractivity contribution in [2.45, 2.75) is 26.9 Å². The number of aliphatic hydroxyl groups excluding tert-OH is 1. The lowest BCUT2D eigenvalue weighted by Gasteiger charge is -2.22. The summed E-state index contributed by atoms with van der Waals surface area (Å²) >= 11 is 6.23. The standard InChI is InChI=1S/C13H18ClNO/c1-13(2)5-6-15(9-13)12-4-3-10(8-16)7-11(12)14/h3-4,7,16H,5-6,8-9H2,1-2H3. The Labute approximate surface area is 102 Å². The van der Waals surface area contributed by atoms with E-state index in [1.165, 1.54) is 6.42 Å². The molecular weight excluding hydrogens is 222 g/mol. The Kier molecular flexibility index (Phi) is 3.13. The number of hydrogen-bond acceptors (Lipinski definition) is 2. The molecule has 1 heterocycles. The molecule has 1 aromatic carbocycles. The fourth-order valence-corrected chi connectivity index (χ4v) is 2.55. The highest BCUT2D eigenvalue weighted by atomic mass is 35.5. The van der Waals surface area contributed by atoms with Crippen molar-refractivity contribution >= 4 is 17.3 Å². The summed E-state index contributed by atoms with van der Waals surface area (Å²) in [6.45, 7) is 6.72. The van der Waals surface area contributed by atoms with E-state index in [1.54, 1.807) is 0 Å². The average molecular weight is 240 g/mol. The molecule has 0 unspecified atom stereocenters. The van der Waals surface area contributed by atoms with E-state index >= 15 is 0 Å². The Morgan fingerprint density at radius 2 is 2.19 bits per heavy atom. The van der Waals surface area contributed by atoms with Crippen LogP contribution >= 0.6 is 11.6 Å². The highest BCUT2D eigenvalue weighted by Gasteiger charge is 2.30. The second-order valence-electron chi connectivity index (χ2n) is 5.28. The molecule has 1 aromatic rings. The molecule has 88 valence electrons. The molecule has 1 N–H and O–H groups in total. The van der Waals surface area contributed by atoms with Crippen molar-refractivity contribution in [1.82, 2.24) is 0 Å². The number of halogens is 1. The Balaban J connectivity index is 2.22. The third-order valence-electron chi connectivity index (χ3n) is 3.21. The number of rotatable bonds is 2. The normalized spacial score (nSPS) is 19.1. The van der Waals surface area contributed by atoms with E-state index in [2.05, 4.69) is 18.7 Å². The third-order valence-corrected chi connectivity index (χ3v) is 3.52. The monoisotopic (exact) mass is 239 g/mol. The fraction of sp³-hybridized carbons (Fsp3) is 0.538. The molecular formula is C13H18ClNO. The van der Waals surface area contributed by atoms with Crippen LogP contribution in [0.4, 0.5) is 5.69 Å². The Morgan fingerprint density at radius 3 is 2.69 bits per heavy atom. The van der Waals surface area contributed by atoms with E-state index in [0.29, 0.717) is 5.41 Å². The van der Waals surface area contributed by atoms with Gasteiger partial charge in [0.05, 0.1) is 17.3 Å². The van der Waals surface area contributed by atoms with Gasteiger partial charge in [-0.3, -0.25) is 0 Å². The molecule has 2 rings (SSSR count). The van der Waals surface area contributed by atoms with Gasteiger partial charge in [-0.1, -0.05) is 31.5 Å². The largest absolute Gasteiger partial charge is 0.392 e. The quantitative estimate of drug-likeness (QED) is 0.858. The summed E-state index contributed by atoms with van der Waals surface area (Å²) in [5.41, 5.74) is 2.33.